The number of methoxy groups -OCH3 is 1. The van der Waals surface area contributed by atoms with Crippen LogP contribution in [0.4, 0.5) is 0 Å². The summed E-state index contributed by atoms with van der Waals surface area (Å²) in [5.41, 5.74) is 1.30. The molecule has 0 aliphatic carbocycles. The Bertz CT molecular complexity index is 711. The molecule has 7 heteroatoms. The van der Waals surface area contributed by atoms with E-state index in [1.165, 1.54) is 5.56 Å². The van der Waals surface area contributed by atoms with Crippen LogP contribution in [0.25, 0.3) is 0 Å². The van der Waals surface area contributed by atoms with Crippen molar-refractivity contribution in [3.05, 3.63) is 29.8 Å². The molecule has 2 rings (SSSR count). The van der Waals surface area contributed by atoms with Gasteiger partial charge in [-0.1, -0.05) is 32.9 Å². The minimum Gasteiger partial charge on any atom is -0.497 e. The van der Waals surface area contributed by atoms with Gasteiger partial charge in [-0.25, -0.2) is 4.99 Å². The van der Waals surface area contributed by atoms with Gasteiger partial charge in [-0.2, -0.15) is 0 Å². The Labute approximate surface area is 187 Å². The van der Waals surface area contributed by atoms with E-state index in [2.05, 4.69) is 48.5 Å². The second-order valence-electron chi connectivity index (χ2n) is 9.42. The highest BCUT2D eigenvalue weighted by atomic mass is 16.5. The molecule has 2 atom stereocenters. The van der Waals surface area contributed by atoms with Crippen LogP contribution < -0.4 is 15.4 Å². The first-order valence-electron chi connectivity index (χ1n) is 11.2. The third-order valence-electron chi connectivity index (χ3n) is 5.57. The Morgan fingerprint density at radius 1 is 1.23 bits per heavy atom. The summed E-state index contributed by atoms with van der Waals surface area (Å²) < 4.78 is 11.3. The Hall–Kier alpha value is -2.28. The summed E-state index contributed by atoms with van der Waals surface area (Å²) in [5.74, 6) is 1.91. The maximum Gasteiger partial charge on any atom is 0.243 e. The molecule has 2 N–H and O–H groups in total. The van der Waals surface area contributed by atoms with Gasteiger partial charge in [0.2, 0.25) is 5.91 Å². The topological polar surface area (TPSA) is 75.2 Å². The fraction of sp³-hybridized carbons (Fsp3) is 0.667. The van der Waals surface area contributed by atoms with Crippen LogP contribution >= 0.6 is 0 Å². The lowest BCUT2D eigenvalue weighted by Crippen LogP contribution is -2.48. The van der Waals surface area contributed by atoms with Crippen LogP contribution in [0, 0.1) is 11.3 Å². The molecule has 0 bridgehead atoms. The SMILES string of the molecule is COc1ccc(CCNC(=NCC(=O)N(C)C)NCC2CCCOC2C(C)(C)C)cc1. The van der Waals surface area contributed by atoms with Crippen molar-refractivity contribution in [1.82, 2.24) is 15.5 Å². The second kappa shape index (κ2) is 11.9. The largest absolute Gasteiger partial charge is 0.497 e. The third kappa shape index (κ3) is 8.40. The van der Waals surface area contributed by atoms with Crippen molar-refractivity contribution in [3.8, 4) is 5.75 Å². The van der Waals surface area contributed by atoms with Gasteiger partial charge in [-0.05, 0) is 42.4 Å². The van der Waals surface area contributed by atoms with Gasteiger partial charge in [0.05, 0.1) is 13.2 Å². The Morgan fingerprint density at radius 2 is 1.94 bits per heavy atom. The molecule has 1 aliphatic heterocycles. The van der Waals surface area contributed by atoms with E-state index in [0.29, 0.717) is 11.9 Å². The minimum absolute atomic E-state index is 0.0233. The maximum atomic E-state index is 12.0. The summed E-state index contributed by atoms with van der Waals surface area (Å²) in [6, 6.07) is 8.06. The molecule has 1 aliphatic rings. The second-order valence-corrected chi connectivity index (χ2v) is 9.42. The summed E-state index contributed by atoms with van der Waals surface area (Å²) in [4.78, 5) is 18.1. The highest BCUT2D eigenvalue weighted by Crippen LogP contribution is 2.33. The summed E-state index contributed by atoms with van der Waals surface area (Å²) in [6.45, 7) is 9.13. The summed E-state index contributed by atoms with van der Waals surface area (Å²) >= 11 is 0. The normalized spacial score (nSPS) is 19.6. The van der Waals surface area contributed by atoms with Gasteiger partial charge >= 0.3 is 0 Å². The number of carbonyl (C=O) groups excluding carboxylic acids is 1. The summed E-state index contributed by atoms with van der Waals surface area (Å²) in [6.07, 6.45) is 3.27. The van der Waals surface area contributed by atoms with E-state index in [0.717, 1.165) is 44.7 Å². The van der Waals surface area contributed by atoms with Crippen LogP contribution in [0.1, 0.15) is 39.2 Å². The standard InChI is InChI=1S/C24H40N4O3/c1-24(2,3)22-19(8-7-15-31-22)16-26-23(27-17-21(29)28(4)5)25-14-13-18-9-11-20(30-6)12-10-18/h9-12,19,22H,7-8,13-17H2,1-6H3,(H2,25,26,27). The van der Waals surface area contributed by atoms with Crippen LogP contribution in [0.5, 0.6) is 5.75 Å². The first kappa shape index (κ1) is 25.0. The average molecular weight is 433 g/mol. The summed E-state index contributed by atoms with van der Waals surface area (Å²) in [7, 11) is 5.16. The van der Waals surface area contributed by atoms with Gasteiger partial charge in [0.15, 0.2) is 5.96 Å². The van der Waals surface area contributed by atoms with Crippen molar-refractivity contribution in [2.75, 3.05) is 47.4 Å². The predicted octanol–water partition coefficient (Wildman–Crippen LogP) is 2.70. The van der Waals surface area contributed by atoms with Crippen LogP contribution in [0.2, 0.25) is 0 Å². The first-order valence-corrected chi connectivity index (χ1v) is 11.2. The van der Waals surface area contributed by atoms with Crippen LogP contribution in [0.3, 0.4) is 0 Å². The van der Waals surface area contributed by atoms with Crippen molar-refractivity contribution in [2.45, 2.75) is 46.1 Å². The molecule has 1 aromatic carbocycles. The van der Waals surface area contributed by atoms with E-state index in [1.54, 1.807) is 26.1 Å². The fourth-order valence-electron chi connectivity index (χ4n) is 3.82. The molecular formula is C24H40N4O3. The van der Waals surface area contributed by atoms with Gasteiger partial charge in [0.1, 0.15) is 12.3 Å². The molecule has 2 unspecified atom stereocenters. The molecule has 1 aromatic rings. The number of aliphatic imine (C=N–C) groups is 1. The van der Waals surface area contributed by atoms with Gasteiger partial charge in [0, 0.05) is 39.7 Å². The molecule has 0 radical (unpaired) electrons. The lowest BCUT2D eigenvalue weighted by atomic mass is 9.78. The van der Waals surface area contributed by atoms with E-state index in [-0.39, 0.29) is 24.0 Å². The van der Waals surface area contributed by atoms with E-state index >= 15 is 0 Å². The number of guanidine groups is 1. The van der Waals surface area contributed by atoms with Crippen molar-refractivity contribution < 1.29 is 14.3 Å². The molecule has 0 spiro atoms. The Morgan fingerprint density at radius 3 is 2.55 bits per heavy atom. The van der Waals surface area contributed by atoms with Crippen molar-refractivity contribution in [2.24, 2.45) is 16.3 Å². The highest BCUT2D eigenvalue weighted by molar-refractivity contribution is 5.84. The molecule has 174 valence electrons. The Kier molecular flexibility index (Phi) is 9.62. The van der Waals surface area contributed by atoms with Crippen LogP contribution in [-0.4, -0.2) is 70.3 Å². The van der Waals surface area contributed by atoms with E-state index < -0.39 is 0 Å². The number of ether oxygens (including phenoxy) is 2. The Balaban J connectivity index is 1.96. The van der Waals surface area contributed by atoms with E-state index in [4.69, 9.17) is 9.47 Å². The zero-order valence-electron chi connectivity index (χ0n) is 20.0. The van der Waals surface area contributed by atoms with Gasteiger partial charge < -0.3 is 25.0 Å². The van der Waals surface area contributed by atoms with Gasteiger partial charge in [-0.3, -0.25) is 4.79 Å². The number of carbonyl (C=O) groups is 1. The van der Waals surface area contributed by atoms with E-state index in [9.17, 15) is 4.79 Å². The van der Waals surface area contributed by atoms with Gasteiger partial charge in [0.25, 0.3) is 0 Å². The lowest BCUT2D eigenvalue weighted by molar-refractivity contribution is -0.127. The molecule has 1 fully saturated rings. The summed E-state index contributed by atoms with van der Waals surface area (Å²) in [5, 5.41) is 6.84. The number of amides is 1. The minimum atomic E-state index is -0.0233. The maximum absolute atomic E-state index is 12.0. The number of nitrogens with one attached hydrogen (secondary N) is 2. The molecule has 1 saturated heterocycles. The van der Waals surface area contributed by atoms with Crippen molar-refractivity contribution in [1.29, 1.82) is 0 Å². The smallest absolute Gasteiger partial charge is 0.243 e. The highest BCUT2D eigenvalue weighted by Gasteiger charge is 2.35. The van der Waals surface area contributed by atoms with Gasteiger partial charge in [-0.15, -0.1) is 0 Å². The number of rotatable bonds is 8. The lowest BCUT2D eigenvalue weighted by Gasteiger charge is -2.40. The van der Waals surface area contributed by atoms with Crippen molar-refractivity contribution >= 4 is 11.9 Å². The quantitative estimate of drug-likeness (QED) is 0.488. The number of benzene rings is 1. The predicted molar refractivity (Wildman–Crippen MR) is 126 cm³/mol. The zero-order valence-corrected chi connectivity index (χ0v) is 20.0. The third-order valence-corrected chi connectivity index (χ3v) is 5.57. The molecule has 0 aromatic heterocycles. The first-order chi connectivity index (χ1) is 14.7. The average Bonchev–Trinajstić information content (AvgIpc) is 2.74. The molecule has 1 amide bonds. The van der Waals surface area contributed by atoms with Crippen LogP contribution in [0.15, 0.2) is 29.3 Å². The molecule has 7 nitrogen and oxygen atoms in total. The molecule has 31 heavy (non-hydrogen) atoms. The monoisotopic (exact) mass is 432 g/mol. The van der Waals surface area contributed by atoms with E-state index in [1.807, 2.05) is 12.1 Å². The molecule has 0 saturated carbocycles. The number of hydrogen-bond acceptors (Lipinski definition) is 4. The zero-order chi connectivity index (χ0) is 22.9. The number of likely N-dealkylation sites (N-methyl/N-ethyl adjacent to an activating group) is 1. The molecular weight excluding hydrogens is 392 g/mol. The fourth-order valence-corrected chi connectivity index (χ4v) is 3.82. The number of nitrogens with zero attached hydrogens (tertiary/aromatic N) is 2. The van der Waals surface area contributed by atoms with Crippen molar-refractivity contribution in [3.63, 3.8) is 0 Å². The molecule has 1 heterocycles. The van der Waals surface area contributed by atoms with Crippen LogP contribution in [-0.2, 0) is 16.0 Å². The number of hydrogen-bond donors (Lipinski definition) is 2.